The van der Waals surface area contributed by atoms with Crippen LogP contribution in [0.15, 0.2) is 18.3 Å². The van der Waals surface area contributed by atoms with Crippen molar-refractivity contribution < 1.29 is 9.90 Å². The van der Waals surface area contributed by atoms with E-state index in [1.54, 1.807) is 13.1 Å². The first-order valence-electron chi connectivity index (χ1n) is 8.37. The molecule has 0 unspecified atom stereocenters. The van der Waals surface area contributed by atoms with Crippen LogP contribution in [0, 0.1) is 6.92 Å². The molecule has 2 aromatic rings. The van der Waals surface area contributed by atoms with Crippen molar-refractivity contribution in [2.75, 3.05) is 11.9 Å². The van der Waals surface area contributed by atoms with Crippen molar-refractivity contribution in [3.8, 4) is 11.4 Å². The molecule has 0 atom stereocenters. The zero-order chi connectivity index (χ0) is 17.1. The van der Waals surface area contributed by atoms with Gasteiger partial charge in [0.05, 0.1) is 5.56 Å². The van der Waals surface area contributed by atoms with Gasteiger partial charge in [0.15, 0.2) is 5.82 Å². The normalized spacial score (nSPS) is 15.4. The summed E-state index contributed by atoms with van der Waals surface area (Å²) in [6, 6.07) is 4.25. The summed E-state index contributed by atoms with van der Waals surface area (Å²) in [5, 5.41) is 13.3. The number of rotatable bonds is 5. The first-order chi connectivity index (χ1) is 11.6. The van der Waals surface area contributed by atoms with Crippen LogP contribution >= 0.6 is 0 Å². The second-order valence-corrected chi connectivity index (χ2v) is 6.31. The monoisotopic (exact) mass is 329 g/mol. The summed E-state index contributed by atoms with van der Waals surface area (Å²) < 4.78 is 1.44. The van der Waals surface area contributed by atoms with Gasteiger partial charge < -0.3 is 10.0 Å². The molecule has 1 N–H and O–H groups in total. The van der Waals surface area contributed by atoms with Gasteiger partial charge in [0.2, 0.25) is 0 Å². The smallest absolute Gasteiger partial charge is 0.325 e. The van der Waals surface area contributed by atoms with Gasteiger partial charge in [-0.25, -0.2) is 14.6 Å². The molecule has 24 heavy (non-hydrogen) atoms. The van der Waals surface area contributed by atoms with Crippen LogP contribution in [0.4, 0.5) is 5.82 Å². The van der Waals surface area contributed by atoms with Crippen molar-refractivity contribution in [3.63, 3.8) is 0 Å². The number of hydrogen-bond acceptors (Lipinski definition) is 5. The Morgan fingerprint density at radius 2 is 2.12 bits per heavy atom. The van der Waals surface area contributed by atoms with Gasteiger partial charge in [-0.2, -0.15) is 5.10 Å². The highest BCUT2D eigenvalue weighted by Crippen LogP contribution is 2.31. The van der Waals surface area contributed by atoms with E-state index in [1.165, 1.54) is 23.9 Å². The molecule has 0 aliphatic heterocycles. The van der Waals surface area contributed by atoms with E-state index in [4.69, 9.17) is 5.11 Å². The SMILES string of the molecule is Cc1nc(-c2cccnc2N(C)C2CCCCC2)n(CC(=O)O)n1. The summed E-state index contributed by atoms with van der Waals surface area (Å²) in [7, 11) is 2.06. The lowest BCUT2D eigenvalue weighted by molar-refractivity contribution is -0.137. The predicted molar refractivity (Wildman–Crippen MR) is 90.9 cm³/mol. The van der Waals surface area contributed by atoms with Gasteiger partial charge in [0.1, 0.15) is 18.2 Å². The zero-order valence-electron chi connectivity index (χ0n) is 14.1. The highest BCUT2D eigenvalue weighted by atomic mass is 16.4. The van der Waals surface area contributed by atoms with E-state index in [9.17, 15) is 4.79 Å². The molecule has 0 amide bonds. The third-order valence-electron chi connectivity index (χ3n) is 4.55. The number of carbonyl (C=O) groups is 1. The molecule has 1 saturated carbocycles. The van der Waals surface area contributed by atoms with E-state index in [0.717, 1.165) is 24.2 Å². The number of nitrogens with zero attached hydrogens (tertiary/aromatic N) is 5. The number of aryl methyl sites for hydroxylation is 1. The Morgan fingerprint density at radius 3 is 2.83 bits per heavy atom. The van der Waals surface area contributed by atoms with Crippen molar-refractivity contribution in [2.45, 2.75) is 51.6 Å². The maximum atomic E-state index is 11.1. The Bertz CT molecular complexity index is 722. The number of anilines is 1. The van der Waals surface area contributed by atoms with Gasteiger partial charge in [0.25, 0.3) is 0 Å². The average Bonchev–Trinajstić information content (AvgIpc) is 2.94. The molecule has 1 aliphatic rings. The molecule has 1 fully saturated rings. The first-order valence-corrected chi connectivity index (χ1v) is 8.37. The molecule has 0 bridgehead atoms. The van der Waals surface area contributed by atoms with E-state index in [-0.39, 0.29) is 6.54 Å². The fraction of sp³-hybridized carbons (Fsp3) is 0.529. The molecule has 2 aromatic heterocycles. The maximum absolute atomic E-state index is 11.1. The number of carboxylic acids is 1. The topological polar surface area (TPSA) is 84.1 Å². The minimum atomic E-state index is -0.938. The van der Waals surface area contributed by atoms with Crippen LogP contribution in [0.1, 0.15) is 37.9 Å². The molecule has 7 nitrogen and oxygen atoms in total. The van der Waals surface area contributed by atoms with Gasteiger partial charge in [0, 0.05) is 19.3 Å². The molecule has 1 aliphatic carbocycles. The third-order valence-corrected chi connectivity index (χ3v) is 4.55. The van der Waals surface area contributed by atoms with Crippen molar-refractivity contribution in [2.24, 2.45) is 0 Å². The second kappa shape index (κ2) is 6.98. The number of aromatic nitrogens is 4. The fourth-order valence-corrected chi connectivity index (χ4v) is 3.39. The van der Waals surface area contributed by atoms with Gasteiger partial charge >= 0.3 is 5.97 Å². The minimum Gasteiger partial charge on any atom is -0.480 e. The lowest BCUT2D eigenvalue weighted by Crippen LogP contribution is -2.34. The quantitative estimate of drug-likeness (QED) is 0.907. The minimum absolute atomic E-state index is 0.211. The molecule has 0 radical (unpaired) electrons. The Balaban J connectivity index is 1.99. The van der Waals surface area contributed by atoms with Gasteiger partial charge in [-0.15, -0.1) is 0 Å². The summed E-state index contributed by atoms with van der Waals surface area (Å²) in [5.41, 5.74) is 0.826. The molecular weight excluding hydrogens is 306 g/mol. The van der Waals surface area contributed by atoms with E-state index in [1.807, 2.05) is 12.1 Å². The Hall–Kier alpha value is -2.44. The van der Waals surface area contributed by atoms with Gasteiger partial charge in [-0.3, -0.25) is 4.79 Å². The maximum Gasteiger partial charge on any atom is 0.325 e. The summed E-state index contributed by atoms with van der Waals surface area (Å²) >= 11 is 0. The predicted octanol–water partition coefficient (Wildman–Crippen LogP) is 2.50. The number of aliphatic carboxylic acids is 1. The third kappa shape index (κ3) is 3.39. The van der Waals surface area contributed by atoms with Crippen molar-refractivity contribution in [1.82, 2.24) is 19.7 Å². The molecule has 3 rings (SSSR count). The largest absolute Gasteiger partial charge is 0.480 e. The van der Waals surface area contributed by atoms with Crippen molar-refractivity contribution in [3.05, 3.63) is 24.2 Å². The lowest BCUT2D eigenvalue weighted by Gasteiger charge is -2.33. The number of pyridine rings is 1. The van der Waals surface area contributed by atoms with Crippen LogP contribution in [-0.4, -0.2) is 43.9 Å². The molecule has 7 heteroatoms. The molecular formula is C17H23N5O2. The van der Waals surface area contributed by atoms with Crippen LogP contribution in [-0.2, 0) is 11.3 Å². The van der Waals surface area contributed by atoms with E-state index in [2.05, 4.69) is 27.0 Å². The van der Waals surface area contributed by atoms with Crippen LogP contribution in [0.2, 0.25) is 0 Å². The molecule has 0 spiro atoms. The van der Waals surface area contributed by atoms with Crippen LogP contribution in [0.3, 0.4) is 0 Å². The summed E-state index contributed by atoms with van der Waals surface area (Å²) in [6.07, 6.45) is 7.87. The highest BCUT2D eigenvalue weighted by Gasteiger charge is 2.24. The lowest BCUT2D eigenvalue weighted by atomic mass is 9.94. The molecule has 0 aromatic carbocycles. The Kier molecular flexibility index (Phi) is 4.78. The summed E-state index contributed by atoms with van der Waals surface area (Å²) in [5.74, 6) is 1.01. The van der Waals surface area contributed by atoms with E-state index in [0.29, 0.717) is 17.7 Å². The molecule has 2 heterocycles. The van der Waals surface area contributed by atoms with Crippen molar-refractivity contribution in [1.29, 1.82) is 0 Å². The van der Waals surface area contributed by atoms with Crippen LogP contribution in [0.5, 0.6) is 0 Å². The van der Waals surface area contributed by atoms with Crippen molar-refractivity contribution >= 4 is 11.8 Å². The van der Waals surface area contributed by atoms with Crippen LogP contribution in [0.25, 0.3) is 11.4 Å². The summed E-state index contributed by atoms with van der Waals surface area (Å²) in [6.45, 7) is 1.56. The van der Waals surface area contributed by atoms with Crippen LogP contribution < -0.4 is 4.90 Å². The second-order valence-electron chi connectivity index (χ2n) is 6.31. The highest BCUT2D eigenvalue weighted by molar-refractivity contribution is 5.73. The average molecular weight is 329 g/mol. The summed E-state index contributed by atoms with van der Waals surface area (Å²) in [4.78, 5) is 22.3. The Labute approximate surface area is 141 Å². The van der Waals surface area contributed by atoms with Gasteiger partial charge in [-0.1, -0.05) is 19.3 Å². The standard InChI is InChI=1S/C17H23N5O2/c1-12-19-17(22(20-12)11-15(23)24)14-9-6-10-18-16(14)21(2)13-7-4-3-5-8-13/h6,9-10,13H,3-5,7-8,11H2,1-2H3,(H,23,24). The first kappa shape index (κ1) is 16.4. The van der Waals surface area contributed by atoms with Gasteiger partial charge in [-0.05, 0) is 31.9 Å². The molecule has 128 valence electrons. The Morgan fingerprint density at radius 1 is 1.38 bits per heavy atom. The fourth-order valence-electron chi connectivity index (χ4n) is 3.39. The number of carboxylic acid groups (broad SMARTS) is 1. The molecule has 0 saturated heterocycles. The van der Waals surface area contributed by atoms with E-state index >= 15 is 0 Å². The number of hydrogen-bond donors (Lipinski definition) is 1. The van der Waals surface area contributed by atoms with E-state index < -0.39 is 5.97 Å². The zero-order valence-corrected chi connectivity index (χ0v) is 14.1.